The first-order valence-electron chi connectivity index (χ1n) is 13.0. The molecule has 2 fully saturated rings. The van der Waals surface area contributed by atoms with Gasteiger partial charge in [-0.3, -0.25) is 10.2 Å². The van der Waals surface area contributed by atoms with E-state index < -0.39 is 45.3 Å². The van der Waals surface area contributed by atoms with E-state index >= 15 is 0 Å². The molecule has 2 aliphatic heterocycles. The number of amides is 1. The first kappa shape index (κ1) is 30.0. The number of alkyl halides is 3. The Hall–Kier alpha value is -3.02. The Bertz CT molecular complexity index is 1350. The van der Waals surface area contributed by atoms with Crippen LogP contribution >= 0.6 is 0 Å². The largest absolute Gasteiger partial charge is 0.413 e. The third-order valence-corrected chi connectivity index (χ3v) is 10.1. The lowest BCUT2D eigenvalue weighted by atomic mass is 9.63. The fraction of sp³-hybridized carbons (Fsp3) is 0.536. The zero-order valence-corrected chi connectivity index (χ0v) is 23.5. The van der Waals surface area contributed by atoms with Crippen LogP contribution in [-0.4, -0.2) is 62.7 Å². The second-order valence-electron chi connectivity index (χ2n) is 12.2. The fourth-order valence-electron chi connectivity index (χ4n) is 6.16. The molecule has 1 amide bonds. The number of benzene rings is 1. The molecular formula is C28H34F4N4O3S. The van der Waals surface area contributed by atoms with Crippen LogP contribution in [0.4, 0.5) is 17.6 Å². The lowest BCUT2D eigenvalue weighted by Crippen LogP contribution is -2.59. The quantitative estimate of drug-likeness (QED) is 0.373. The number of carbonyl (C=O) groups excluding carboxylic acids is 1. The van der Waals surface area contributed by atoms with Crippen molar-refractivity contribution in [2.45, 2.75) is 51.2 Å². The molecule has 12 heteroatoms. The van der Waals surface area contributed by atoms with Crippen molar-refractivity contribution < 1.29 is 30.8 Å². The zero-order chi connectivity index (χ0) is 29.7. The number of aliphatic imine (C=N–C) groups is 1. The van der Waals surface area contributed by atoms with E-state index in [2.05, 4.69) is 16.9 Å². The van der Waals surface area contributed by atoms with E-state index in [1.54, 1.807) is 12.1 Å². The van der Waals surface area contributed by atoms with Gasteiger partial charge in [0.15, 0.2) is 15.9 Å². The average Bonchev–Trinajstić information content (AvgIpc) is 2.84. The van der Waals surface area contributed by atoms with Gasteiger partial charge in [-0.15, -0.1) is 0 Å². The third-order valence-electron chi connectivity index (χ3n) is 8.05. The average molecular weight is 583 g/mol. The van der Waals surface area contributed by atoms with Crippen molar-refractivity contribution in [1.29, 1.82) is 5.41 Å². The maximum atomic E-state index is 14.3. The van der Waals surface area contributed by atoms with E-state index in [1.807, 2.05) is 13.8 Å². The summed E-state index contributed by atoms with van der Waals surface area (Å²) >= 11 is 0. The maximum Gasteiger partial charge on any atom is 0.413 e. The monoisotopic (exact) mass is 582 g/mol. The summed E-state index contributed by atoms with van der Waals surface area (Å²) in [6.45, 7) is 8.48. The van der Waals surface area contributed by atoms with Crippen LogP contribution in [0, 0.1) is 22.2 Å². The van der Waals surface area contributed by atoms with Crippen molar-refractivity contribution >= 4 is 27.9 Å². The van der Waals surface area contributed by atoms with Gasteiger partial charge in [-0.2, -0.15) is 17.6 Å². The van der Waals surface area contributed by atoms with Gasteiger partial charge in [0.25, 0.3) is 0 Å². The standard InChI is InChI=1S/C28H34F4N4O3S/c1-17-13-34-23(9-22(29)33)35-14-26(2,3)12-21(17)18-5-7-19(8-6-18)24(28(30,31)32)36(4)25(37)20-10-27(11-20)15-40(38,39)16-27/h5-9,13,20-21,24,33,35H,1,10-12,14-16H2,2-4H3/b23-9-,33-22?,34-13-. The molecule has 2 unspecified atom stereocenters. The second kappa shape index (κ2) is 10.4. The molecule has 1 spiro atoms. The van der Waals surface area contributed by atoms with Crippen LogP contribution in [0.5, 0.6) is 0 Å². The molecule has 2 N–H and O–H groups in total. The van der Waals surface area contributed by atoms with Gasteiger partial charge in [0.2, 0.25) is 11.9 Å². The van der Waals surface area contributed by atoms with Crippen molar-refractivity contribution in [3.63, 3.8) is 0 Å². The topological polar surface area (TPSA) is 103 Å². The van der Waals surface area contributed by atoms with Crippen molar-refractivity contribution in [1.82, 2.24) is 10.2 Å². The summed E-state index contributed by atoms with van der Waals surface area (Å²) in [5.74, 6) is -2.52. The molecule has 1 aliphatic carbocycles. The lowest BCUT2D eigenvalue weighted by molar-refractivity contribution is -0.193. The molecule has 40 heavy (non-hydrogen) atoms. The lowest BCUT2D eigenvalue weighted by Gasteiger charge is -2.53. The highest BCUT2D eigenvalue weighted by Gasteiger charge is 2.59. The first-order chi connectivity index (χ1) is 18.4. The number of nitrogens with one attached hydrogen (secondary N) is 2. The van der Waals surface area contributed by atoms with Crippen LogP contribution in [0.15, 0.2) is 53.3 Å². The zero-order valence-electron chi connectivity index (χ0n) is 22.7. The van der Waals surface area contributed by atoms with Gasteiger partial charge < -0.3 is 10.2 Å². The highest BCUT2D eigenvalue weighted by molar-refractivity contribution is 7.92. The normalized spacial score (nSPS) is 26.3. The summed E-state index contributed by atoms with van der Waals surface area (Å²) in [5, 5.41) is 10.1. The van der Waals surface area contributed by atoms with Gasteiger partial charge in [-0.25, -0.2) is 13.4 Å². The van der Waals surface area contributed by atoms with Crippen molar-refractivity contribution in [2.75, 3.05) is 25.1 Å². The van der Waals surface area contributed by atoms with Gasteiger partial charge in [0.1, 0.15) is 5.82 Å². The minimum absolute atomic E-state index is 0.00114. The summed E-state index contributed by atoms with van der Waals surface area (Å²) in [6.07, 6.45) is -1.14. The number of rotatable bonds is 5. The van der Waals surface area contributed by atoms with E-state index in [4.69, 9.17) is 5.41 Å². The van der Waals surface area contributed by atoms with E-state index in [0.29, 0.717) is 18.5 Å². The molecule has 218 valence electrons. The van der Waals surface area contributed by atoms with Crippen molar-refractivity contribution in [3.8, 4) is 0 Å². The number of sulfone groups is 1. The molecule has 0 bridgehead atoms. The molecule has 2 atom stereocenters. The molecule has 0 radical (unpaired) electrons. The highest BCUT2D eigenvalue weighted by Crippen LogP contribution is 2.54. The second-order valence-corrected chi connectivity index (χ2v) is 14.2. The summed E-state index contributed by atoms with van der Waals surface area (Å²) in [7, 11) is -1.95. The SMILES string of the molecule is C=C1/C=N\C(=C\C(=N)F)NCC(C)(C)CC1c1ccc(C(N(C)C(=O)C2CC3(C2)CS(=O)(=O)C3)C(F)(F)F)cc1. The third kappa shape index (κ3) is 6.47. The molecule has 1 saturated heterocycles. The molecule has 1 aromatic rings. The number of halogens is 4. The Morgan fingerprint density at radius 3 is 2.33 bits per heavy atom. The number of allylic oxidation sites excluding steroid dienone is 2. The molecular weight excluding hydrogens is 548 g/mol. The fourth-order valence-corrected chi connectivity index (χ4v) is 8.41. The van der Waals surface area contributed by atoms with Gasteiger partial charge >= 0.3 is 6.18 Å². The summed E-state index contributed by atoms with van der Waals surface area (Å²) in [6, 6.07) is 3.79. The predicted octanol–water partition coefficient (Wildman–Crippen LogP) is 5.09. The predicted molar refractivity (Wildman–Crippen MR) is 146 cm³/mol. The van der Waals surface area contributed by atoms with E-state index in [0.717, 1.165) is 23.6 Å². The Morgan fingerprint density at radius 2 is 1.80 bits per heavy atom. The maximum absolute atomic E-state index is 14.3. The Balaban J connectivity index is 1.54. The summed E-state index contributed by atoms with van der Waals surface area (Å²) < 4.78 is 79.0. The Morgan fingerprint density at radius 1 is 1.20 bits per heavy atom. The molecule has 0 aromatic heterocycles. The minimum atomic E-state index is -4.72. The Labute approximate surface area is 231 Å². The molecule has 1 saturated carbocycles. The van der Waals surface area contributed by atoms with E-state index in [9.17, 15) is 30.8 Å². The van der Waals surface area contributed by atoms with Gasteiger partial charge in [-0.05, 0) is 46.8 Å². The van der Waals surface area contributed by atoms with Crippen LogP contribution in [-0.2, 0) is 14.6 Å². The molecule has 4 rings (SSSR count). The number of nitrogens with zero attached hydrogens (tertiary/aromatic N) is 2. The molecule has 2 heterocycles. The van der Waals surface area contributed by atoms with Crippen LogP contribution < -0.4 is 5.32 Å². The van der Waals surface area contributed by atoms with Gasteiger partial charge in [0.05, 0.1) is 11.5 Å². The Kier molecular flexibility index (Phi) is 7.81. The molecule has 3 aliphatic rings. The molecule has 1 aromatic carbocycles. The van der Waals surface area contributed by atoms with Gasteiger partial charge in [-0.1, -0.05) is 44.7 Å². The van der Waals surface area contributed by atoms with Crippen molar-refractivity contribution in [2.24, 2.45) is 21.7 Å². The van der Waals surface area contributed by atoms with E-state index in [-0.39, 0.29) is 47.1 Å². The van der Waals surface area contributed by atoms with Crippen LogP contribution in [0.3, 0.4) is 0 Å². The number of hydrogen-bond donors (Lipinski definition) is 2. The summed E-state index contributed by atoms with van der Waals surface area (Å²) in [4.78, 5) is 17.9. The van der Waals surface area contributed by atoms with Crippen LogP contribution in [0.25, 0.3) is 0 Å². The van der Waals surface area contributed by atoms with Gasteiger partial charge in [0, 0.05) is 37.7 Å². The van der Waals surface area contributed by atoms with Crippen LogP contribution in [0.2, 0.25) is 0 Å². The number of hydrogen-bond acceptors (Lipinski definition) is 6. The van der Waals surface area contributed by atoms with Crippen molar-refractivity contribution in [3.05, 3.63) is 59.4 Å². The number of carbonyl (C=O) groups is 1. The smallest absolute Gasteiger partial charge is 0.369 e. The summed E-state index contributed by atoms with van der Waals surface area (Å²) in [5.41, 5.74) is 0.435. The minimum Gasteiger partial charge on any atom is -0.369 e. The first-order valence-corrected chi connectivity index (χ1v) is 14.8. The molecule has 7 nitrogen and oxygen atoms in total. The highest BCUT2D eigenvalue weighted by atomic mass is 32.2. The van der Waals surface area contributed by atoms with E-state index in [1.165, 1.54) is 18.3 Å². The van der Waals surface area contributed by atoms with Crippen LogP contribution in [0.1, 0.15) is 56.2 Å².